The third-order valence-electron chi connectivity index (χ3n) is 6.97. The summed E-state index contributed by atoms with van der Waals surface area (Å²) < 4.78 is 40.6. The number of Topliss-reactive ketones (excluding diaryl/α,β-unsaturated/α-hetero) is 1. The molecule has 0 unspecified atom stereocenters. The molecule has 1 amide bonds. The molecule has 0 bridgehead atoms. The molecule has 8 heteroatoms. The molecule has 1 aromatic carbocycles. The highest BCUT2D eigenvalue weighted by atomic mass is 19.4. The van der Waals surface area contributed by atoms with Crippen molar-refractivity contribution in [1.82, 2.24) is 14.4 Å². The number of carbonyl (C=O) groups excluding carboxylic acids is 2. The number of benzene rings is 1. The number of carbonyl (C=O) groups is 2. The Hall–Kier alpha value is -2.61. The lowest BCUT2D eigenvalue weighted by Crippen LogP contribution is -2.56. The molecule has 2 aromatic rings. The van der Waals surface area contributed by atoms with Crippen molar-refractivity contribution in [3.63, 3.8) is 0 Å². The van der Waals surface area contributed by atoms with E-state index in [4.69, 9.17) is 0 Å². The van der Waals surface area contributed by atoms with Gasteiger partial charge in [0.2, 0.25) is 0 Å². The van der Waals surface area contributed by atoms with Crippen LogP contribution in [0.1, 0.15) is 50.5 Å². The van der Waals surface area contributed by atoms with E-state index < -0.39 is 17.5 Å². The van der Waals surface area contributed by atoms with E-state index >= 15 is 0 Å². The van der Waals surface area contributed by atoms with Gasteiger partial charge in [-0.25, -0.2) is 0 Å². The smallest absolute Gasteiger partial charge is 0.339 e. The first-order valence-electron chi connectivity index (χ1n) is 10.4. The standard InChI is InChI=1S/C23H26F3N3O2/c1-15-4-5-17(14-16(15)2)21(31)28-10-8-22(9-11-28)19-7-6-18(20(30)23(24,25)26)29(19)13-12-27(22)3/h4-7,14H,8-13H2,1-3H3. The predicted octanol–water partition coefficient (Wildman–Crippen LogP) is 3.93. The van der Waals surface area contributed by atoms with E-state index in [0.29, 0.717) is 44.6 Å². The largest absolute Gasteiger partial charge is 0.456 e. The Balaban J connectivity index is 1.58. The molecule has 1 aromatic heterocycles. The highest BCUT2D eigenvalue weighted by molar-refractivity contribution is 5.99. The highest BCUT2D eigenvalue weighted by Crippen LogP contribution is 2.42. The number of ketones is 1. The summed E-state index contributed by atoms with van der Waals surface area (Å²) in [6.07, 6.45) is -3.69. The molecule has 0 saturated carbocycles. The summed E-state index contributed by atoms with van der Waals surface area (Å²) in [6, 6.07) is 8.61. The van der Waals surface area contributed by atoms with Gasteiger partial charge in [-0.3, -0.25) is 14.5 Å². The quantitative estimate of drug-likeness (QED) is 0.675. The molecule has 4 rings (SSSR count). The number of rotatable bonds is 2. The molecule has 5 nitrogen and oxygen atoms in total. The van der Waals surface area contributed by atoms with Crippen molar-refractivity contribution in [3.8, 4) is 0 Å². The molecule has 31 heavy (non-hydrogen) atoms. The molecule has 1 fully saturated rings. The van der Waals surface area contributed by atoms with Gasteiger partial charge in [0.05, 0.1) is 11.2 Å². The van der Waals surface area contributed by atoms with E-state index in [1.165, 1.54) is 10.6 Å². The Labute approximate surface area is 179 Å². The maximum atomic E-state index is 13.0. The van der Waals surface area contributed by atoms with Gasteiger partial charge >= 0.3 is 6.18 Å². The number of hydrogen-bond donors (Lipinski definition) is 0. The van der Waals surface area contributed by atoms with Crippen molar-refractivity contribution < 1.29 is 22.8 Å². The number of aryl methyl sites for hydroxylation is 2. The van der Waals surface area contributed by atoms with Gasteiger partial charge < -0.3 is 9.47 Å². The summed E-state index contributed by atoms with van der Waals surface area (Å²) in [7, 11) is 1.96. The summed E-state index contributed by atoms with van der Waals surface area (Å²) in [5.41, 5.74) is 2.78. The predicted molar refractivity (Wildman–Crippen MR) is 110 cm³/mol. The summed E-state index contributed by atoms with van der Waals surface area (Å²) in [5, 5.41) is 0. The topological polar surface area (TPSA) is 45.6 Å². The number of likely N-dealkylation sites (tertiary alicyclic amines) is 1. The number of fused-ring (bicyclic) bond motifs is 2. The Morgan fingerprint density at radius 1 is 0.935 bits per heavy atom. The third-order valence-corrected chi connectivity index (χ3v) is 6.97. The maximum Gasteiger partial charge on any atom is 0.456 e. The van der Waals surface area contributed by atoms with Crippen molar-refractivity contribution in [2.45, 2.75) is 44.9 Å². The average molecular weight is 433 g/mol. The van der Waals surface area contributed by atoms with E-state index in [1.807, 2.05) is 44.0 Å². The first kappa shape index (κ1) is 21.6. The SMILES string of the molecule is Cc1ccc(C(=O)N2CCC3(CC2)c2ccc(C(=O)C(F)(F)F)n2CCN3C)cc1C. The van der Waals surface area contributed by atoms with Crippen LogP contribution in [0.5, 0.6) is 0 Å². The van der Waals surface area contributed by atoms with Crippen molar-refractivity contribution >= 4 is 11.7 Å². The molecule has 1 spiro atoms. The zero-order valence-corrected chi connectivity index (χ0v) is 17.9. The van der Waals surface area contributed by atoms with Crippen LogP contribution in [-0.2, 0) is 12.1 Å². The van der Waals surface area contributed by atoms with Crippen LogP contribution in [0.2, 0.25) is 0 Å². The molecule has 0 radical (unpaired) electrons. The zero-order valence-electron chi connectivity index (χ0n) is 17.9. The molecular weight excluding hydrogens is 407 g/mol. The Morgan fingerprint density at radius 2 is 1.61 bits per heavy atom. The molecule has 3 heterocycles. The Morgan fingerprint density at radius 3 is 2.23 bits per heavy atom. The first-order valence-corrected chi connectivity index (χ1v) is 10.4. The molecule has 2 aliphatic rings. The number of piperidine rings is 1. The number of amides is 1. The summed E-state index contributed by atoms with van der Waals surface area (Å²) >= 11 is 0. The summed E-state index contributed by atoms with van der Waals surface area (Å²) in [4.78, 5) is 28.9. The van der Waals surface area contributed by atoms with E-state index in [9.17, 15) is 22.8 Å². The minimum atomic E-state index is -4.90. The lowest BCUT2D eigenvalue weighted by Gasteiger charge is -2.50. The van der Waals surface area contributed by atoms with Crippen LogP contribution < -0.4 is 0 Å². The average Bonchev–Trinajstić information content (AvgIpc) is 3.16. The molecule has 1 saturated heterocycles. The van der Waals surface area contributed by atoms with Crippen LogP contribution in [0.4, 0.5) is 13.2 Å². The molecule has 0 atom stereocenters. The van der Waals surface area contributed by atoms with Crippen molar-refractivity contribution in [3.05, 3.63) is 58.4 Å². The second kappa shape index (κ2) is 7.51. The van der Waals surface area contributed by atoms with Crippen LogP contribution in [0.15, 0.2) is 30.3 Å². The molecule has 2 aliphatic heterocycles. The summed E-state index contributed by atoms with van der Waals surface area (Å²) in [6.45, 7) is 5.87. The summed E-state index contributed by atoms with van der Waals surface area (Å²) in [5.74, 6) is -1.83. The molecule has 0 aliphatic carbocycles. The van der Waals surface area contributed by atoms with Gasteiger partial charge in [0.15, 0.2) is 0 Å². The number of halogens is 3. The number of likely N-dealkylation sites (N-methyl/N-ethyl adjacent to an activating group) is 1. The molecule has 166 valence electrons. The Bertz CT molecular complexity index is 1030. The second-order valence-corrected chi connectivity index (χ2v) is 8.63. The van der Waals surface area contributed by atoms with Crippen LogP contribution in [0.3, 0.4) is 0 Å². The fourth-order valence-corrected chi connectivity index (χ4v) is 4.89. The number of alkyl halides is 3. The normalized spacial score (nSPS) is 18.8. The van der Waals surface area contributed by atoms with Crippen molar-refractivity contribution in [2.24, 2.45) is 0 Å². The fraction of sp³-hybridized carbons (Fsp3) is 0.478. The third kappa shape index (κ3) is 3.56. The lowest BCUT2D eigenvalue weighted by atomic mass is 9.81. The minimum absolute atomic E-state index is 0.0280. The van der Waals surface area contributed by atoms with Crippen molar-refractivity contribution in [1.29, 1.82) is 0 Å². The van der Waals surface area contributed by atoms with Gasteiger partial charge in [0.25, 0.3) is 11.7 Å². The monoisotopic (exact) mass is 433 g/mol. The van der Waals surface area contributed by atoms with Crippen LogP contribution >= 0.6 is 0 Å². The lowest BCUT2D eigenvalue weighted by molar-refractivity contribution is -0.0892. The number of aromatic nitrogens is 1. The first-order chi connectivity index (χ1) is 14.5. The number of hydrogen-bond acceptors (Lipinski definition) is 3. The van der Waals surface area contributed by atoms with E-state index in [0.717, 1.165) is 16.8 Å². The Kier molecular flexibility index (Phi) is 5.24. The van der Waals surface area contributed by atoms with E-state index in [2.05, 4.69) is 4.90 Å². The number of nitrogens with zero attached hydrogens (tertiary/aromatic N) is 3. The van der Waals surface area contributed by atoms with E-state index in [1.54, 1.807) is 6.07 Å². The van der Waals surface area contributed by atoms with Gasteiger partial charge in [0.1, 0.15) is 0 Å². The van der Waals surface area contributed by atoms with Gasteiger partial charge in [-0.15, -0.1) is 0 Å². The van der Waals surface area contributed by atoms with Crippen LogP contribution in [0, 0.1) is 13.8 Å². The maximum absolute atomic E-state index is 13.0. The van der Waals surface area contributed by atoms with Crippen LogP contribution in [0.25, 0.3) is 0 Å². The van der Waals surface area contributed by atoms with E-state index in [-0.39, 0.29) is 11.6 Å². The molecule has 0 N–H and O–H groups in total. The zero-order chi connectivity index (χ0) is 22.6. The second-order valence-electron chi connectivity index (χ2n) is 8.63. The highest BCUT2D eigenvalue weighted by Gasteiger charge is 2.47. The van der Waals surface area contributed by atoms with Gasteiger partial charge in [0, 0.05) is 37.4 Å². The van der Waals surface area contributed by atoms with Crippen LogP contribution in [-0.4, -0.2) is 58.9 Å². The van der Waals surface area contributed by atoms with Gasteiger partial charge in [-0.05, 0) is 69.1 Å². The van der Waals surface area contributed by atoms with Gasteiger partial charge in [-0.2, -0.15) is 13.2 Å². The minimum Gasteiger partial charge on any atom is -0.339 e. The fourth-order valence-electron chi connectivity index (χ4n) is 4.89. The molecular formula is C23H26F3N3O2. The van der Waals surface area contributed by atoms with Gasteiger partial charge in [-0.1, -0.05) is 6.07 Å². The van der Waals surface area contributed by atoms with Crippen molar-refractivity contribution in [2.75, 3.05) is 26.7 Å².